The van der Waals surface area contributed by atoms with Crippen molar-refractivity contribution in [1.82, 2.24) is 9.88 Å². The summed E-state index contributed by atoms with van der Waals surface area (Å²) in [4.78, 5) is 32.5. The van der Waals surface area contributed by atoms with Gasteiger partial charge in [0.25, 0.3) is 5.91 Å². The second-order valence-corrected chi connectivity index (χ2v) is 6.27. The van der Waals surface area contributed by atoms with Crippen LogP contribution in [0.5, 0.6) is 0 Å². The number of aromatic nitrogens is 1. The Morgan fingerprint density at radius 2 is 1.85 bits per heavy atom. The maximum Gasteiger partial charge on any atom is 0.254 e. The van der Waals surface area contributed by atoms with Crippen molar-refractivity contribution >= 4 is 17.4 Å². The molecule has 6 nitrogen and oxygen atoms in total. The fraction of sp³-hybridized carbons (Fsp3) is 0.300. The molecule has 26 heavy (non-hydrogen) atoms. The Labute approximate surface area is 152 Å². The number of pyridine rings is 1. The van der Waals surface area contributed by atoms with Crippen molar-refractivity contribution in [1.29, 1.82) is 5.26 Å². The Hall–Kier alpha value is -3.20. The number of ketones is 1. The smallest absolute Gasteiger partial charge is 0.254 e. The zero-order valence-corrected chi connectivity index (χ0v) is 14.7. The standard InChI is InChI=1S/C20H20N4O2/c1-15(25)18-4-3-16(14-21)13-19(18)23-9-2-10-24(12-11-23)20(26)17-5-7-22-8-6-17/h3-8,13H,2,9-12H2,1H3. The quantitative estimate of drug-likeness (QED) is 0.797. The summed E-state index contributed by atoms with van der Waals surface area (Å²) in [6.45, 7) is 4.10. The third kappa shape index (κ3) is 3.72. The molecule has 6 heteroatoms. The van der Waals surface area contributed by atoms with Crippen molar-refractivity contribution in [3.8, 4) is 6.07 Å². The van der Waals surface area contributed by atoms with E-state index in [4.69, 9.17) is 0 Å². The van der Waals surface area contributed by atoms with E-state index in [9.17, 15) is 14.9 Å². The fourth-order valence-corrected chi connectivity index (χ4v) is 3.20. The highest BCUT2D eigenvalue weighted by Gasteiger charge is 2.22. The van der Waals surface area contributed by atoms with Crippen LogP contribution in [-0.2, 0) is 0 Å². The maximum absolute atomic E-state index is 12.7. The highest BCUT2D eigenvalue weighted by atomic mass is 16.2. The first-order chi connectivity index (χ1) is 12.6. The van der Waals surface area contributed by atoms with Crippen molar-refractivity contribution in [2.24, 2.45) is 0 Å². The van der Waals surface area contributed by atoms with E-state index < -0.39 is 0 Å². The number of amides is 1. The largest absolute Gasteiger partial charge is 0.369 e. The van der Waals surface area contributed by atoms with Crippen LogP contribution in [0.3, 0.4) is 0 Å². The molecule has 2 heterocycles. The van der Waals surface area contributed by atoms with E-state index >= 15 is 0 Å². The monoisotopic (exact) mass is 348 g/mol. The van der Waals surface area contributed by atoms with Crippen LogP contribution < -0.4 is 4.90 Å². The number of anilines is 1. The van der Waals surface area contributed by atoms with Crippen molar-refractivity contribution in [3.63, 3.8) is 0 Å². The number of hydrogen-bond acceptors (Lipinski definition) is 5. The van der Waals surface area contributed by atoms with Gasteiger partial charge < -0.3 is 9.80 Å². The summed E-state index contributed by atoms with van der Waals surface area (Å²) in [5, 5.41) is 9.17. The van der Waals surface area contributed by atoms with Crippen LogP contribution >= 0.6 is 0 Å². The Bertz CT molecular complexity index is 858. The lowest BCUT2D eigenvalue weighted by Crippen LogP contribution is -2.35. The number of benzene rings is 1. The predicted molar refractivity (Wildman–Crippen MR) is 98.1 cm³/mol. The second kappa shape index (κ2) is 7.79. The van der Waals surface area contributed by atoms with E-state index in [2.05, 4.69) is 16.0 Å². The number of carbonyl (C=O) groups excluding carboxylic acids is 2. The SMILES string of the molecule is CC(=O)c1ccc(C#N)cc1N1CCCN(C(=O)c2ccncc2)CC1. The maximum atomic E-state index is 12.7. The Morgan fingerprint density at radius 3 is 2.54 bits per heavy atom. The molecule has 0 bridgehead atoms. The molecule has 1 aromatic heterocycles. The molecule has 0 N–H and O–H groups in total. The molecule has 132 valence electrons. The molecule has 2 aromatic rings. The first kappa shape index (κ1) is 17.6. The van der Waals surface area contributed by atoms with Crippen LogP contribution in [0.1, 0.15) is 39.6 Å². The number of nitrogens with zero attached hydrogens (tertiary/aromatic N) is 4. The van der Waals surface area contributed by atoms with Gasteiger partial charge in [-0.05, 0) is 43.7 Å². The molecule has 1 saturated heterocycles. The Balaban J connectivity index is 1.80. The summed E-state index contributed by atoms with van der Waals surface area (Å²) in [6.07, 6.45) is 4.03. The van der Waals surface area contributed by atoms with E-state index in [1.807, 2.05) is 4.90 Å². The van der Waals surface area contributed by atoms with Gasteiger partial charge in [0.1, 0.15) is 0 Å². The van der Waals surface area contributed by atoms with Crippen LogP contribution in [0.2, 0.25) is 0 Å². The highest BCUT2D eigenvalue weighted by molar-refractivity contribution is 6.00. The summed E-state index contributed by atoms with van der Waals surface area (Å²) < 4.78 is 0. The number of rotatable bonds is 3. The first-order valence-corrected chi connectivity index (χ1v) is 8.59. The summed E-state index contributed by atoms with van der Waals surface area (Å²) in [7, 11) is 0. The van der Waals surface area contributed by atoms with Crippen LogP contribution in [0.15, 0.2) is 42.7 Å². The van der Waals surface area contributed by atoms with Gasteiger partial charge in [-0.25, -0.2) is 0 Å². The van der Waals surface area contributed by atoms with Crippen molar-refractivity contribution in [2.75, 3.05) is 31.1 Å². The van der Waals surface area contributed by atoms with Gasteiger partial charge >= 0.3 is 0 Å². The van der Waals surface area contributed by atoms with Gasteiger partial charge in [0, 0.05) is 55.4 Å². The minimum atomic E-state index is -0.0292. The molecule has 3 rings (SSSR count). The van der Waals surface area contributed by atoms with Gasteiger partial charge in [0.15, 0.2) is 5.78 Å². The van der Waals surface area contributed by atoms with Crippen LogP contribution in [0.4, 0.5) is 5.69 Å². The van der Waals surface area contributed by atoms with Gasteiger partial charge in [-0.2, -0.15) is 5.26 Å². The zero-order chi connectivity index (χ0) is 18.5. The molecular formula is C20H20N4O2. The molecule has 1 aliphatic rings. The molecule has 0 spiro atoms. The zero-order valence-electron chi connectivity index (χ0n) is 14.7. The summed E-state index contributed by atoms with van der Waals surface area (Å²) >= 11 is 0. The average Bonchev–Trinajstić information content (AvgIpc) is 2.93. The van der Waals surface area contributed by atoms with Crippen molar-refractivity contribution in [2.45, 2.75) is 13.3 Å². The lowest BCUT2D eigenvalue weighted by molar-refractivity contribution is 0.0766. The number of hydrogen-bond donors (Lipinski definition) is 0. The minimum Gasteiger partial charge on any atom is -0.369 e. The third-order valence-electron chi connectivity index (χ3n) is 4.56. The summed E-state index contributed by atoms with van der Waals surface area (Å²) in [6, 6.07) is 10.7. The summed E-state index contributed by atoms with van der Waals surface area (Å²) in [5.41, 5.74) is 2.54. The van der Waals surface area contributed by atoms with Gasteiger partial charge in [-0.3, -0.25) is 14.6 Å². The summed E-state index contributed by atoms with van der Waals surface area (Å²) in [5.74, 6) is -0.0368. The Morgan fingerprint density at radius 1 is 1.08 bits per heavy atom. The van der Waals surface area contributed by atoms with E-state index in [0.29, 0.717) is 36.3 Å². The van der Waals surface area contributed by atoms with E-state index in [1.54, 1.807) is 42.7 Å². The van der Waals surface area contributed by atoms with Crippen LogP contribution in [-0.4, -0.2) is 47.8 Å². The fourth-order valence-electron chi connectivity index (χ4n) is 3.20. The van der Waals surface area contributed by atoms with Crippen LogP contribution in [0, 0.1) is 11.3 Å². The molecule has 0 unspecified atom stereocenters. The normalized spacial score (nSPS) is 14.5. The molecule has 0 radical (unpaired) electrons. The van der Waals surface area contributed by atoms with Gasteiger partial charge in [0.2, 0.25) is 0 Å². The van der Waals surface area contributed by atoms with E-state index in [0.717, 1.165) is 18.7 Å². The molecule has 0 saturated carbocycles. The first-order valence-electron chi connectivity index (χ1n) is 8.59. The van der Waals surface area contributed by atoms with Crippen molar-refractivity contribution in [3.05, 3.63) is 59.4 Å². The molecular weight excluding hydrogens is 328 g/mol. The lowest BCUT2D eigenvalue weighted by Gasteiger charge is -2.25. The number of nitriles is 1. The lowest BCUT2D eigenvalue weighted by atomic mass is 10.1. The highest BCUT2D eigenvalue weighted by Crippen LogP contribution is 2.24. The molecule has 1 aromatic carbocycles. The van der Waals surface area contributed by atoms with Crippen LogP contribution in [0.25, 0.3) is 0 Å². The molecule has 1 fully saturated rings. The van der Waals surface area contributed by atoms with Crippen molar-refractivity contribution < 1.29 is 9.59 Å². The second-order valence-electron chi connectivity index (χ2n) is 6.27. The van der Waals surface area contributed by atoms with E-state index in [-0.39, 0.29) is 11.7 Å². The molecule has 1 amide bonds. The van der Waals surface area contributed by atoms with E-state index in [1.165, 1.54) is 6.92 Å². The van der Waals surface area contributed by atoms with Gasteiger partial charge in [-0.1, -0.05) is 0 Å². The minimum absolute atomic E-state index is 0.00758. The number of carbonyl (C=O) groups is 2. The predicted octanol–water partition coefficient (Wildman–Crippen LogP) is 2.51. The Kier molecular flexibility index (Phi) is 5.28. The average molecular weight is 348 g/mol. The van der Waals surface area contributed by atoms with Gasteiger partial charge in [0.05, 0.1) is 11.6 Å². The number of Topliss-reactive ketones (excluding diaryl/α,β-unsaturated/α-hetero) is 1. The van der Waals surface area contributed by atoms with Gasteiger partial charge in [-0.15, -0.1) is 0 Å². The topological polar surface area (TPSA) is 77.3 Å². The molecule has 0 aliphatic carbocycles. The molecule has 1 aliphatic heterocycles. The molecule has 0 atom stereocenters. The third-order valence-corrected chi connectivity index (χ3v) is 4.56.